The molecule has 7 nitrogen and oxygen atoms in total. The van der Waals surface area contributed by atoms with Gasteiger partial charge in [0.25, 0.3) is 0 Å². The van der Waals surface area contributed by atoms with Crippen molar-refractivity contribution in [2.75, 3.05) is 6.61 Å². The fourth-order valence-electron chi connectivity index (χ4n) is 1.88. The molecule has 2 aromatic rings. The maximum Gasteiger partial charge on any atom is 0.364 e. The molecule has 0 amide bonds. The first-order valence-corrected chi connectivity index (χ1v) is 7.30. The molecule has 0 unspecified atom stereocenters. The predicted octanol–water partition coefficient (Wildman–Crippen LogP) is 4.84. The maximum atomic E-state index is 13.5. The van der Waals surface area contributed by atoms with E-state index in [1.165, 1.54) is 12.3 Å². The number of esters is 1. The van der Waals surface area contributed by atoms with Crippen LogP contribution in [0.3, 0.4) is 0 Å². The Hall–Kier alpha value is -2.90. The van der Waals surface area contributed by atoms with E-state index in [4.69, 9.17) is 26.3 Å². The van der Waals surface area contributed by atoms with Crippen molar-refractivity contribution in [3.05, 3.63) is 58.1 Å². The second kappa shape index (κ2) is 7.78. The second-order valence-corrected chi connectivity index (χ2v) is 5.06. The van der Waals surface area contributed by atoms with Gasteiger partial charge < -0.3 is 9.15 Å². The van der Waals surface area contributed by atoms with Gasteiger partial charge in [-0.3, -0.25) is 0 Å². The van der Waals surface area contributed by atoms with E-state index in [-0.39, 0.29) is 17.9 Å². The van der Waals surface area contributed by atoms with Crippen molar-refractivity contribution >= 4 is 23.6 Å². The molecular weight excluding hydrogens is 358 g/mol. The minimum Gasteiger partial charge on any atom is -0.464 e. The number of hydrogen-bond acceptors (Lipinski definition) is 5. The summed E-state index contributed by atoms with van der Waals surface area (Å²) in [7, 11) is 0. The zero-order valence-corrected chi connectivity index (χ0v) is 13.6. The second-order valence-electron chi connectivity index (χ2n) is 4.58. The Labute approximate surface area is 145 Å². The molecule has 0 saturated heterocycles. The summed E-state index contributed by atoms with van der Waals surface area (Å²) in [5.41, 5.74) is 7.54. The average molecular weight is 369 g/mol. The lowest BCUT2D eigenvalue weighted by Gasteiger charge is -2.10. The van der Waals surface area contributed by atoms with Gasteiger partial charge in [-0.05, 0) is 54.4 Å². The minimum atomic E-state index is -3.74. The van der Waals surface area contributed by atoms with Gasteiger partial charge in [0.05, 0.1) is 18.6 Å². The van der Waals surface area contributed by atoms with Crippen LogP contribution in [-0.4, -0.2) is 17.6 Å². The van der Waals surface area contributed by atoms with Crippen LogP contribution < -0.4 is 0 Å². The van der Waals surface area contributed by atoms with Crippen LogP contribution in [-0.2, 0) is 14.9 Å². The molecule has 2 heterocycles. The fourth-order valence-corrected chi connectivity index (χ4v) is 1.97. The number of aromatic nitrogens is 1. The smallest absolute Gasteiger partial charge is 0.364 e. The molecule has 130 valence electrons. The van der Waals surface area contributed by atoms with Gasteiger partial charge in [-0.15, -0.1) is 0 Å². The molecule has 0 saturated carbocycles. The number of rotatable bonds is 6. The highest BCUT2D eigenvalue weighted by Crippen LogP contribution is 2.34. The third kappa shape index (κ3) is 4.79. The largest absolute Gasteiger partial charge is 0.464 e. The van der Waals surface area contributed by atoms with E-state index >= 15 is 0 Å². The highest BCUT2D eigenvalue weighted by atomic mass is 35.5. The van der Waals surface area contributed by atoms with Crippen LogP contribution in [0.4, 0.5) is 8.78 Å². The van der Waals surface area contributed by atoms with Crippen molar-refractivity contribution in [3.8, 4) is 11.3 Å². The molecule has 0 spiro atoms. The van der Waals surface area contributed by atoms with Gasteiger partial charge in [0, 0.05) is 10.5 Å². The van der Waals surface area contributed by atoms with Crippen LogP contribution >= 0.6 is 11.6 Å². The Bertz CT molecular complexity index is 841. The Kier molecular flexibility index (Phi) is 5.74. The number of furan rings is 1. The lowest BCUT2D eigenvalue weighted by molar-refractivity contribution is -0.138. The molecule has 25 heavy (non-hydrogen) atoms. The highest BCUT2D eigenvalue weighted by Gasteiger charge is 2.31. The first kappa shape index (κ1) is 18.4. The number of ether oxygens (including phenoxy) is 1. The van der Waals surface area contributed by atoms with Crippen LogP contribution in [0.15, 0.2) is 45.8 Å². The Morgan fingerprint density at radius 1 is 1.56 bits per heavy atom. The van der Waals surface area contributed by atoms with Crippen LogP contribution in [0.1, 0.15) is 18.3 Å². The number of alkyl halides is 3. The van der Waals surface area contributed by atoms with Crippen molar-refractivity contribution in [1.29, 1.82) is 0 Å². The van der Waals surface area contributed by atoms with E-state index in [0.717, 1.165) is 12.1 Å². The highest BCUT2D eigenvalue weighted by molar-refractivity contribution is 6.21. The molecule has 0 aliphatic heterocycles. The van der Waals surface area contributed by atoms with Crippen LogP contribution in [0, 0.1) is 0 Å². The summed E-state index contributed by atoms with van der Waals surface area (Å²) in [6.45, 7) is 1.61. The van der Waals surface area contributed by atoms with Gasteiger partial charge in [-0.2, -0.15) is 8.78 Å². The molecule has 2 rings (SSSR count). The fraction of sp³-hybridized carbons (Fsp3) is 0.200. The van der Waals surface area contributed by atoms with E-state index in [2.05, 4.69) is 15.0 Å². The molecule has 10 heteroatoms. The van der Waals surface area contributed by atoms with Gasteiger partial charge in [0.2, 0.25) is 0 Å². The third-order valence-corrected chi connectivity index (χ3v) is 3.06. The quantitative estimate of drug-likeness (QED) is 0.182. The van der Waals surface area contributed by atoms with Crippen LogP contribution in [0.25, 0.3) is 27.8 Å². The lowest BCUT2D eigenvalue weighted by atomic mass is 10.1. The Balaban J connectivity index is 2.59. The number of nitrogens with zero attached hydrogens (tertiary/aromatic N) is 4. The zero-order valence-electron chi connectivity index (χ0n) is 12.8. The number of carbonyl (C=O) groups is 1. The zero-order chi connectivity index (χ0) is 18.4. The van der Waals surface area contributed by atoms with Crippen LogP contribution in [0.2, 0.25) is 0 Å². The van der Waals surface area contributed by atoms with Gasteiger partial charge >= 0.3 is 11.4 Å². The van der Waals surface area contributed by atoms with Crippen molar-refractivity contribution in [3.63, 3.8) is 0 Å². The molecule has 0 aliphatic carbocycles. The molecule has 2 aromatic heterocycles. The molecule has 0 bridgehead atoms. The summed E-state index contributed by atoms with van der Waals surface area (Å²) in [5.74, 6) is -0.620. The van der Waals surface area contributed by atoms with Gasteiger partial charge in [-0.25, -0.2) is 9.78 Å². The minimum absolute atomic E-state index is 0.0436. The predicted molar refractivity (Wildman–Crippen MR) is 85.4 cm³/mol. The number of azide groups is 1. The first-order chi connectivity index (χ1) is 11.8. The van der Waals surface area contributed by atoms with E-state index in [1.54, 1.807) is 19.1 Å². The van der Waals surface area contributed by atoms with Gasteiger partial charge in [-0.1, -0.05) is 5.11 Å². The maximum absolute atomic E-state index is 13.5. The molecule has 0 aromatic carbocycles. The van der Waals surface area contributed by atoms with Crippen LogP contribution in [0.5, 0.6) is 0 Å². The Morgan fingerprint density at radius 3 is 2.88 bits per heavy atom. The number of hydrogen-bond donors (Lipinski definition) is 0. The molecule has 0 N–H and O–H groups in total. The third-order valence-electron chi connectivity index (χ3n) is 2.86. The van der Waals surface area contributed by atoms with E-state index in [9.17, 15) is 13.6 Å². The van der Waals surface area contributed by atoms with Gasteiger partial charge in [0.1, 0.15) is 17.2 Å². The standard InChI is InChI=1S/C15H11ClF2N4O3/c1-2-24-14(23)11(21-22-19)8-10-6-9(12-4-3-5-25-12)7-13(20-10)15(16,17)18/h3-8H,2H2,1H3/b11-8-. The summed E-state index contributed by atoms with van der Waals surface area (Å²) in [6.07, 6.45) is 2.39. The normalized spacial score (nSPS) is 11.8. The molecule has 0 aliphatic rings. The van der Waals surface area contributed by atoms with E-state index < -0.39 is 22.7 Å². The molecule has 0 radical (unpaired) electrons. The van der Waals surface area contributed by atoms with E-state index in [0.29, 0.717) is 5.76 Å². The summed E-state index contributed by atoms with van der Waals surface area (Å²) in [4.78, 5) is 18.0. The number of halogens is 3. The molecule has 0 atom stereocenters. The van der Waals surface area contributed by atoms with Crippen molar-refractivity contribution in [1.82, 2.24) is 4.98 Å². The molecule has 0 fully saturated rings. The van der Waals surface area contributed by atoms with Crippen molar-refractivity contribution in [2.45, 2.75) is 12.3 Å². The van der Waals surface area contributed by atoms with Gasteiger partial charge in [0.15, 0.2) is 0 Å². The van der Waals surface area contributed by atoms with E-state index in [1.807, 2.05) is 0 Å². The summed E-state index contributed by atoms with van der Waals surface area (Å²) in [5, 5.41) is -0.537. The topological polar surface area (TPSA) is 101 Å². The first-order valence-electron chi connectivity index (χ1n) is 6.92. The van der Waals surface area contributed by atoms with Crippen molar-refractivity contribution < 1.29 is 22.7 Å². The average Bonchev–Trinajstić information content (AvgIpc) is 3.08. The SMILES string of the molecule is CCOC(=O)/C(=C/c1cc(-c2ccco2)cc(C(F)(F)Cl)n1)N=[N+]=[N-]. The number of pyridine rings is 1. The Morgan fingerprint density at radius 2 is 2.32 bits per heavy atom. The summed E-state index contributed by atoms with van der Waals surface area (Å²) >= 11 is 5.05. The summed E-state index contributed by atoms with van der Waals surface area (Å²) < 4.78 is 36.9. The lowest BCUT2D eigenvalue weighted by Crippen LogP contribution is -2.09. The number of carbonyl (C=O) groups excluding carboxylic acids is 1. The summed E-state index contributed by atoms with van der Waals surface area (Å²) in [6, 6.07) is 5.56. The van der Waals surface area contributed by atoms with Crippen molar-refractivity contribution in [2.24, 2.45) is 5.11 Å². The molecular formula is C15H11ClF2N4O3. The monoisotopic (exact) mass is 368 g/mol.